The van der Waals surface area contributed by atoms with E-state index in [1.807, 2.05) is 43.3 Å². The number of carbonyl (C=O) groups is 3. The zero-order valence-corrected chi connectivity index (χ0v) is 26.6. The molecule has 45 heavy (non-hydrogen) atoms. The second kappa shape index (κ2) is 14.6. The lowest BCUT2D eigenvalue weighted by atomic mass is 9.66. The first kappa shape index (κ1) is 33.3. The number of allylic oxidation sites excluding steroid dienone is 1. The minimum atomic E-state index is -1.20. The molecule has 246 valence electrons. The summed E-state index contributed by atoms with van der Waals surface area (Å²) in [7, 11) is 0. The maximum Gasteiger partial charge on any atom is 0.312 e. The van der Waals surface area contributed by atoms with E-state index in [-0.39, 0.29) is 25.0 Å². The topological polar surface area (TPSA) is 109 Å². The molecule has 1 aromatic carbocycles. The highest BCUT2D eigenvalue weighted by molar-refractivity contribution is 5.98. The number of unbranched alkanes of at least 4 members (excludes halogenated alkanes) is 2. The fourth-order valence-corrected chi connectivity index (χ4v) is 7.89. The number of likely N-dealkylation sites (tertiary alicyclic amines) is 1. The molecule has 6 atom stereocenters. The molecular weight excluding hydrogens is 574 g/mol. The molecule has 2 amide bonds. The summed E-state index contributed by atoms with van der Waals surface area (Å²) in [6.07, 6.45) is 7.27. The van der Waals surface area contributed by atoms with Crippen molar-refractivity contribution in [3.05, 3.63) is 61.2 Å². The quantitative estimate of drug-likeness (QED) is 0.170. The van der Waals surface area contributed by atoms with Crippen LogP contribution >= 0.6 is 0 Å². The van der Waals surface area contributed by atoms with E-state index >= 15 is 0 Å². The van der Waals surface area contributed by atoms with Crippen molar-refractivity contribution >= 4 is 17.8 Å². The molecule has 4 heterocycles. The number of morpholine rings is 1. The Kier molecular flexibility index (Phi) is 10.8. The van der Waals surface area contributed by atoms with E-state index in [9.17, 15) is 19.5 Å². The molecule has 0 aliphatic carbocycles. The average Bonchev–Trinajstić information content (AvgIpc) is 3.63. The molecule has 4 aliphatic heterocycles. The Bertz CT molecular complexity index is 1220. The van der Waals surface area contributed by atoms with Crippen LogP contribution in [-0.2, 0) is 35.0 Å². The number of carbonyl (C=O) groups excluding carboxylic acids is 3. The van der Waals surface area contributed by atoms with Crippen LogP contribution in [-0.4, -0.2) is 120 Å². The van der Waals surface area contributed by atoms with Crippen LogP contribution in [0, 0.1) is 11.8 Å². The molecule has 2 unspecified atom stereocenters. The van der Waals surface area contributed by atoms with Crippen LogP contribution in [0.25, 0.3) is 0 Å². The standard InChI is InChI=1S/C35H49N3O7/c1-4-6-7-11-21-44-33(42)29-28-31(40)38(27(25-39)24-26-12-9-8-10-13-26)30(35(28)15-14-34(29,3)45-35)32(41)37(16-5-2)18-17-36-19-22-43-23-20-36/h4-5,8-10,12-13,27-30,39H,1-2,6-7,11,14-25H2,3H3/t27-,28+,29-,30?,34+,35?/m1/s1. The van der Waals surface area contributed by atoms with Crippen molar-refractivity contribution in [2.75, 3.05) is 59.2 Å². The molecule has 1 spiro atoms. The van der Waals surface area contributed by atoms with E-state index in [4.69, 9.17) is 14.2 Å². The SMILES string of the molecule is C=CCCCCOC(=O)[C@H]1[C@H]2C(=O)N([C@@H](CO)Cc3ccccc3)C(C(=O)N(CC=C)CCN3CCOCC3)C23CC[C@]1(C)O3. The summed E-state index contributed by atoms with van der Waals surface area (Å²) in [5.41, 5.74) is -1.18. The first-order chi connectivity index (χ1) is 21.8. The average molecular weight is 624 g/mol. The zero-order chi connectivity index (χ0) is 32.0. The predicted molar refractivity (Wildman–Crippen MR) is 169 cm³/mol. The van der Waals surface area contributed by atoms with Crippen LogP contribution in [0.5, 0.6) is 0 Å². The van der Waals surface area contributed by atoms with E-state index in [2.05, 4.69) is 18.1 Å². The largest absolute Gasteiger partial charge is 0.465 e. The van der Waals surface area contributed by atoms with Crippen LogP contribution < -0.4 is 0 Å². The minimum absolute atomic E-state index is 0.242. The zero-order valence-electron chi connectivity index (χ0n) is 26.6. The van der Waals surface area contributed by atoms with Crippen molar-refractivity contribution in [2.24, 2.45) is 11.8 Å². The van der Waals surface area contributed by atoms with Gasteiger partial charge in [0.05, 0.1) is 44.0 Å². The van der Waals surface area contributed by atoms with Gasteiger partial charge in [-0.3, -0.25) is 19.3 Å². The minimum Gasteiger partial charge on any atom is -0.465 e. The third kappa shape index (κ3) is 6.61. The highest BCUT2D eigenvalue weighted by atomic mass is 16.6. The fraction of sp³-hybridized carbons (Fsp3) is 0.629. The number of esters is 1. The maximum absolute atomic E-state index is 14.8. The number of hydrogen-bond donors (Lipinski definition) is 1. The Balaban J connectivity index is 1.47. The first-order valence-electron chi connectivity index (χ1n) is 16.4. The smallest absolute Gasteiger partial charge is 0.312 e. The number of aliphatic hydroxyl groups is 1. The Morgan fingerprint density at radius 1 is 1.16 bits per heavy atom. The molecule has 1 aromatic rings. The molecule has 2 bridgehead atoms. The lowest BCUT2D eigenvalue weighted by molar-refractivity contribution is -0.162. The van der Waals surface area contributed by atoms with Crippen molar-refractivity contribution in [3.63, 3.8) is 0 Å². The van der Waals surface area contributed by atoms with E-state index in [0.29, 0.717) is 58.5 Å². The number of fused-ring (bicyclic) bond motifs is 1. The maximum atomic E-state index is 14.8. The third-order valence-electron chi connectivity index (χ3n) is 10.1. The van der Waals surface area contributed by atoms with E-state index in [0.717, 1.165) is 31.5 Å². The summed E-state index contributed by atoms with van der Waals surface area (Å²) in [5, 5.41) is 10.7. The summed E-state index contributed by atoms with van der Waals surface area (Å²) in [5.74, 6) is -2.74. The van der Waals surface area contributed by atoms with Crippen molar-refractivity contribution in [1.29, 1.82) is 0 Å². The second-order valence-corrected chi connectivity index (χ2v) is 13.0. The molecule has 4 fully saturated rings. The van der Waals surface area contributed by atoms with Gasteiger partial charge in [0, 0.05) is 32.7 Å². The highest BCUT2D eigenvalue weighted by Gasteiger charge is 2.79. The lowest BCUT2D eigenvalue weighted by Gasteiger charge is -2.40. The van der Waals surface area contributed by atoms with Crippen molar-refractivity contribution < 1.29 is 33.7 Å². The molecule has 0 radical (unpaired) electrons. The molecule has 0 aromatic heterocycles. The Labute approximate surface area is 267 Å². The van der Waals surface area contributed by atoms with E-state index < -0.39 is 41.1 Å². The van der Waals surface area contributed by atoms with Gasteiger partial charge in [0.1, 0.15) is 17.6 Å². The summed E-state index contributed by atoms with van der Waals surface area (Å²) in [6, 6.07) is 7.96. The number of amides is 2. The van der Waals surface area contributed by atoms with Gasteiger partial charge in [0.15, 0.2) is 0 Å². The normalized spacial score (nSPS) is 29.8. The highest BCUT2D eigenvalue weighted by Crippen LogP contribution is 2.63. The lowest BCUT2D eigenvalue weighted by Crippen LogP contribution is -2.60. The fourth-order valence-electron chi connectivity index (χ4n) is 7.89. The summed E-state index contributed by atoms with van der Waals surface area (Å²) in [6.45, 7) is 13.7. The number of rotatable bonds is 16. The van der Waals surface area contributed by atoms with Gasteiger partial charge in [-0.1, -0.05) is 42.5 Å². The Hall–Kier alpha value is -3.05. The van der Waals surface area contributed by atoms with Crippen molar-refractivity contribution in [1.82, 2.24) is 14.7 Å². The second-order valence-electron chi connectivity index (χ2n) is 13.0. The Morgan fingerprint density at radius 2 is 1.91 bits per heavy atom. The molecule has 10 heteroatoms. The molecule has 4 aliphatic rings. The van der Waals surface area contributed by atoms with E-state index in [1.165, 1.54) is 0 Å². The van der Waals surface area contributed by atoms with Gasteiger partial charge >= 0.3 is 5.97 Å². The summed E-state index contributed by atoms with van der Waals surface area (Å²) >= 11 is 0. The van der Waals surface area contributed by atoms with Gasteiger partial charge < -0.3 is 29.1 Å². The molecule has 0 saturated carbocycles. The van der Waals surface area contributed by atoms with Crippen LogP contribution in [0.4, 0.5) is 0 Å². The number of nitrogens with zero attached hydrogens (tertiary/aromatic N) is 3. The molecule has 10 nitrogen and oxygen atoms in total. The monoisotopic (exact) mass is 623 g/mol. The van der Waals surface area contributed by atoms with Crippen LogP contribution in [0.15, 0.2) is 55.6 Å². The van der Waals surface area contributed by atoms with Gasteiger partial charge in [0.2, 0.25) is 11.8 Å². The number of hydrogen-bond acceptors (Lipinski definition) is 8. The van der Waals surface area contributed by atoms with Gasteiger partial charge in [-0.15, -0.1) is 13.2 Å². The summed E-state index contributed by atoms with van der Waals surface area (Å²) < 4.78 is 18.0. The first-order valence-corrected chi connectivity index (χ1v) is 16.4. The number of ether oxygens (including phenoxy) is 3. The van der Waals surface area contributed by atoms with Gasteiger partial charge in [-0.25, -0.2) is 0 Å². The van der Waals surface area contributed by atoms with Gasteiger partial charge in [0.25, 0.3) is 0 Å². The molecule has 4 saturated heterocycles. The van der Waals surface area contributed by atoms with Crippen LogP contribution in [0.3, 0.4) is 0 Å². The molecular formula is C35H49N3O7. The summed E-state index contributed by atoms with van der Waals surface area (Å²) in [4.78, 5) is 48.7. The van der Waals surface area contributed by atoms with Gasteiger partial charge in [-0.05, 0) is 51.0 Å². The van der Waals surface area contributed by atoms with Crippen molar-refractivity contribution in [3.8, 4) is 0 Å². The Morgan fingerprint density at radius 3 is 2.60 bits per heavy atom. The van der Waals surface area contributed by atoms with E-state index in [1.54, 1.807) is 15.9 Å². The third-order valence-corrected chi connectivity index (χ3v) is 10.1. The van der Waals surface area contributed by atoms with Gasteiger partial charge in [-0.2, -0.15) is 0 Å². The number of benzene rings is 1. The van der Waals surface area contributed by atoms with Crippen LogP contribution in [0.1, 0.15) is 44.6 Å². The van der Waals surface area contributed by atoms with Crippen LogP contribution in [0.2, 0.25) is 0 Å². The predicted octanol–water partition coefficient (Wildman–Crippen LogP) is 2.60. The molecule has 5 rings (SSSR count). The van der Waals surface area contributed by atoms with Crippen molar-refractivity contribution in [2.45, 2.75) is 68.7 Å². The number of aliphatic hydroxyl groups excluding tert-OH is 1. The molecule has 1 N–H and O–H groups in total.